The Labute approximate surface area is 136 Å². The van der Waals surface area contributed by atoms with Gasteiger partial charge in [-0.2, -0.15) is 0 Å². The van der Waals surface area contributed by atoms with Gasteiger partial charge in [0.2, 0.25) is 0 Å². The lowest BCUT2D eigenvalue weighted by Gasteiger charge is -2.10. The smallest absolute Gasteiger partial charge is 0.270 e. The van der Waals surface area contributed by atoms with Gasteiger partial charge >= 0.3 is 0 Å². The van der Waals surface area contributed by atoms with E-state index < -0.39 is 0 Å². The van der Waals surface area contributed by atoms with Gasteiger partial charge in [0.1, 0.15) is 17.8 Å². The molecule has 0 saturated carbocycles. The topological polar surface area (TPSA) is 76.1 Å². The van der Waals surface area contributed by atoms with Gasteiger partial charge in [-0.15, -0.1) is 0 Å². The van der Waals surface area contributed by atoms with Crippen molar-refractivity contribution in [1.29, 1.82) is 0 Å². The van der Waals surface area contributed by atoms with Crippen molar-refractivity contribution < 1.29 is 9.53 Å². The lowest BCUT2D eigenvalue weighted by Crippen LogP contribution is -2.26. The van der Waals surface area contributed by atoms with Crippen LogP contribution in [-0.2, 0) is 4.74 Å². The molecule has 6 nitrogen and oxygen atoms in total. The number of aryl methyl sites for hydroxylation is 2. The van der Waals surface area contributed by atoms with Gasteiger partial charge in [-0.25, -0.2) is 9.97 Å². The van der Waals surface area contributed by atoms with Crippen LogP contribution < -0.4 is 10.6 Å². The van der Waals surface area contributed by atoms with Crippen molar-refractivity contribution in [2.75, 3.05) is 25.6 Å². The van der Waals surface area contributed by atoms with Crippen LogP contribution in [-0.4, -0.2) is 36.1 Å². The highest BCUT2D eigenvalue weighted by molar-refractivity contribution is 5.92. The van der Waals surface area contributed by atoms with E-state index in [2.05, 4.69) is 26.7 Å². The minimum atomic E-state index is -0.216. The highest BCUT2D eigenvalue weighted by Gasteiger charge is 2.09. The van der Waals surface area contributed by atoms with Gasteiger partial charge in [0.15, 0.2) is 0 Å². The first kappa shape index (κ1) is 16.9. The number of nitrogens with zero attached hydrogens (tertiary/aromatic N) is 2. The summed E-state index contributed by atoms with van der Waals surface area (Å²) in [7, 11) is 1.64. The summed E-state index contributed by atoms with van der Waals surface area (Å²) in [4.78, 5) is 20.2. The number of nitrogens with one attached hydrogen (secondary N) is 2. The zero-order chi connectivity index (χ0) is 16.7. The van der Waals surface area contributed by atoms with E-state index >= 15 is 0 Å². The molecule has 0 bridgehead atoms. The molecule has 0 fully saturated rings. The van der Waals surface area contributed by atoms with Crippen LogP contribution >= 0.6 is 0 Å². The van der Waals surface area contributed by atoms with E-state index in [0.717, 1.165) is 17.7 Å². The molecule has 2 N–H and O–H groups in total. The van der Waals surface area contributed by atoms with Gasteiger partial charge in [0.25, 0.3) is 5.91 Å². The van der Waals surface area contributed by atoms with Crippen LogP contribution in [0.2, 0.25) is 0 Å². The van der Waals surface area contributed by atoms with Gasteiger partial charge < -0.3 is 15.4 Å². The normalized spacial score (nSPS) is 10.4. The largest absolute Gasteiger partial charge is 0.385 e. The number of hydrogen-bond donors (Lipinski definition) is 2. The van der Waals surface area contributed by atoms with Crippen molar-refractivity contribution >= 4 is 17.4 Å². The Hall–Kier alpha value is -2.47. The maximum atomic E-state index is 12.1. The minimum Gasteiger partial charge on any atom is -0.385 e. The summed E-state index contributed by atoms with van der Waals surface area (Å²) in [6.45, 7) is 5.24. The minimum absolute atomic E-state index is 0.216. The lowest BCUT2D eigenvalue weighted by molar-refractivity contribution is 0.0943. The summed E-state index contributed by atoms with van der Waals surface area (Å²) < 4.78 is 4.95. The molecule has 0 unspecified atom stereocenters. The molecule has 0 aliphatic heterocycles. The average molecular weight is 314 g/mol. The monoisotopic (exact) mass is 314 g/mol. The number of amides is 1. The Morgan fingerprint density at radius 2 is 2.04 bits per heavy atom. The zero-order valence-corrected chi connectivity index (χ0v) is 13.7. The first-order valence-electron chi connectivity index (χ1n) is 7.53. The van der Waals surface area contributed by atoms with E-state index in [9.17, 15) is 4.79 Å². The van der Waals surface area contributed by atoms with E-state index in [4.69, 9.17) is 4.74 Å². The zero-order valence-electron chi connectivity index (χ0n) is 13.7. The SMILES string of the molecule is COCCCNC(=O)c1cc(Nc2ccc(C)cc2C)ncn1. The maximum Gasteiger partial charge on any atom is 0.270 e. The van der Waals surface area contributed by atoms with Gasteiger partial charge in [-0.1, -0.05) is 17.7 Å². The van der Waals surface area contributed by atoms with Crippen LogP contribution in [0.25, 0.3) is 0 Å². The number of rotatable bonds is 7. The number of carbonyl (C=O) groups excluding carboxylic acids is 1. The van der Waals surface area contributed by atoms with Gasteiger partial charge in [0, 0.05) is 32.0 Å². The molecule has 1 aromatic carbocycles. The number of ether oxygens (including phenoxy) is 1. The maximum absolute atomic E-state index is 12.1. The number of hydrogen-bond acceptors (Lipinski definition) is 5. The van der Waals surface area contributed by atoms with E-state index in [1.165, 1.54) is 11.9 Å². The summed E-state index contributed by atoms with van der Waals surface area (Å²) >= 11 is 0. The van der Waals surface area contributed by atoms with Crippen molar-refractivity contribution in [3.63, 3.8) is 0 Å². The van der Waals surface area contributed by atoms with Crippen molar-refractivity contribution in [2.24, 2.45) is 0 Å². The predicted octanol–water partition coefficient (Wildman–Crippen LogP) is 2.60. The molecular weight excluding hydrogens is 292 g/mol. The summed E-state index contributed by atoms with van der Waals surface area (Å²) in [6.07, 6.45) is 2.15. The molecule has 0 atom stereocenters. The standard InChI is InChI=1S/C17H22N4O2/c1-12-5-6-14(13(2)9-12)21-16-10-15(19-11-20-16)17(22)18-7-4-8-23-3/h5-6,9-11H,4,7-8H2,1-3H3,(H,18,22)(H,19,20,21). The van der Waals surface area contributed by atoms with Crippen LogP contribution in [0.4, 0.5) is 11.5 Å². The van der Waals surface area contributed by atoms with Crippen molar-refractivity contribution in [3.05, 3.63) is 47.4 Å². The Bertz CT molecular complexity index is 673. The average Bonchev–Trinajstić information content (AvgIpc) is 2.54. The molecule has 0 aliphatic rings. The number of anilines is 2. The van der Waals surface area contributed by atoms with E-state index in [1.54, 1.807) is 13.2 Å². The Morgan fingerprint density at radius 1 is 1.22 bits per heavy atom. The third-order valence-corrected chi connectivity index (χ3v) is 3.36. The van der Waals surface area contributed by atoms with E-state index in [0.29, 0.717) is 24.7 Å². The lowest BCUT2D eigenvalue weighted by atomic mass is 10.1. The molecule has 1 amide bonds. The first-order chi connectivity index (χ1) is 11.1. The van der Waals surface area contributed by atoms with E-state index in [1.807, 2.05) is 26.0 Å². The Morgan fingerprint density at radius 3 is 2.78 bits per heavy atom. The molecule has 0 aliphatic carbocycles. The van der Waals surface area contributed by atoms with Crippen molar-refractivity contribution in [3.8, 4) is 0 Å². The quantitative estimate of drug-likeness (QED) is 0.768. The molecule has 0 saturated heterocycles. The van der Waals surface area contributed by atoms with Gasteiger partial charge in [0.05, 0.1) is 0 Å². The van der Waals surface area contributed by atoms with Gasteiger partial charge in [-0.05, 0) is 31.9 Å². The second-order valence-electron chi connectivity index (χ2n) is 5.33. The molecule has 0 radical (unpaired) electrons. The van der Waals surface area contributed by atoms with Crippen LogP contribution in [0.5, 0.6) is 0 Å². The number of benzene rings is 1. The summed E-state index contributed by atoms with van der Waals surface area (Å²) in [5.74, 6) is 0.376. The first-order valence-corrected chi connectivity index (χ1v) is 7.53. The predicted molar refractivity (Wildman–Crippen MR) is 90.1 cm³/mol. The van der Waals surface area contributed by atoms with Crippen LogP contribution in [0, 0.1) is 13.8 Å². The molecule has 0 spiro atoms. The summed E-state index contributed by atoms with van der Waals surface area (Å²) in [5, 5.41) is 6.03. The third-order valence-electron chi connectivity index (χ3n) is 3.36. The highest BCUT2D eigenvalue weighted by Crippen LogP contribution is 2.20. The fraction of sp³-hybridized carbons (Fsp3) is 0.353. The second kappa shape index (κ2) is 8.24. The van der Waals surface area contributed by atoms with Crippen molar-refractivity contribution in [2.45, 2.75) is 20.3 Å². The molecular formula is C17H22N4O2. The summed E-state index contributed by atoms with van der Waals surface area (Å²) in [6, 6.07) is 7.76. The van der Waals surface area contributed by atoms with Gasteiger partial charge in [-0.3, -0.25) is 4.79 Å². The third kappa shape index (κ3) is 5.03. The highest BCUT2D eigenvalue weighted by atomic mass is 16.5. The van der Waals surface area contributed by atoms with E-state index in [-0.39, 0.29) is 5.91 Å². The molecule has 2 rings (SSSR count). The number of aromatic nitrogens is 2. The fourth-order valence-electron chi connectivity index (χ4n) is 2.15. The molecule has 2 aromatic rings. The Kier molecular flexibility index (Phi) is 6.05. The number of carbonyl (C=O) groups is 1. The molecule has 122 valence electrons. The molecule has 23 heavy (non-hydrogen) atoms. The summed E-state index contributed by atoms with van der Waals surface area (Å²) in [5.41, 5.74) is 3.62. The molecule has 6 heteroatoms. The fourth-order valence-corrected chi connectivity index (χ4v) is 2.15. The van der Waals surface area contributed by atoms with Crippen LogP contribution in [0.15, 0.2) is 30.6 Å². The molecule has 1 heterocycles. The second-order valence-corrected chi connectivity index (χ2v) is 5.33. The molecule has 1 aromatic heterocycles. The van der Waals surface area contributed by atoms with Crippen molar-refractivity contribution in [1.82, 2.24) is 15.3 Å². The Balaban J connectivity index is 2.03. The number of methoxy groups -OCH3 is 1. The van der Waals surface area contributed by atoms with Crippen LogP contribution in [0.3, 0.4) is 0 Å². The van der Waals surface area contributed by atoms with Crippen LogP contribution in [0.1, 0.15) is 28.0 Å².